The molecular weight excluding hydrogens is 359 g/mol. The summed E-state index contributed by atoms with van der Waals surface area (Å²) in [4.78, 5) is 0. The van der Waals surface area contributed by atoms with Crippen LogP contribution in [-0.4, -0.2) is 0 Å². The van der Waals surface area contributed by atoms with Gasteiger partial charge in [-0.15, -0.1) is 11.6 Å². The van der Waals surface area contributed by atoms with E-state index in [0.29, 0.717) is 12.5 Å². The van der Waals surface area contributed by atoms with Crippen LogP contribution < -0.4 is 4.74 Å². The lowest BCUT2D eigenvalue weighted by molar-refractivity contribution is 0.301. The minimum atomic E-state index is 0.476. The quantitative estimate of drug-likeness (QED) is 0.547. The maximum absolute atomic E-state index is 5.93. The first-order chi connectivity index (χ1) is 8.70. The van der Waals surface area contributed by atoms with E-state index in [1.807, 2.05) is 25.1 Å². The summed E-state index contributed by atoms with van der Waals surface area (Å²) in [5.74, 6) is 1.38. The minimum absolute atomic E-state index is 0.476. The Morgan fingerprint density at radius 2 is 1.83 bits per heavy atom. The third-order valence-corrected chi connectivity index (χ3v) is 3.74. The second kappa shape index (κ2) is 6.43. The highest BCUT2D eigenvalue weighted by molar-refractivity contribution is 14.1. The number of ether oxygens (including phenoxy) is 1. The van der Waals surface area contributed by atoms with Gasteiger partial charge in [-0.3, -0.25) is 0 Å². The highest BCUT2D eigenvalue weighted by Gasteiger charge is 2.06. The number of alkyl halides is 1. The van der Waals surface area contributed by atoms with Gasteiger partial charge in [0.2, 0.25) is 0 Å². The fourth-order valence-electron chi connectivity index (χ4n) is 1.76. The maximum Gasteiger partial charge on any atom is 0.127 e. The van der Waals surface area contributed by atoms with E-state index in [1.165, 1.54) is 9.13 Å². The summed E-state index contributed by atoms with van der Waals surface area (Å²) in [5.41, 5.74) is 3.33. The summed E-state index contributed by atoms with van der Waals surface area (Å²) in [5, 5.41) is 0. The molecule has 0 spiro atoms. The van der Waals surface area contributed by atoms with E-state index in [1.54, 1.807) is 0 Å². The Balaban J connectivity index is 2.12. The standard InChI is InChI=1S/C15H14ClIO/c1-11-3-2-4-13(9-16)15(11)18-10-12-5-7-14(17)8-6-12/h2-8H,9-10H2,1H3. The molecule has 0 aliphatic rings. The summed E-state index contributed by atoms with van der Waals surface area (Å²) >= 11 is 8.22. The Morgan fingerprint density at radius 1 is 1.11 bits per heavy atom. The second-order valence-electron chi connectivity index (χ2n) is 4.11. The highest BCUT2D eigenvalue weighted by Crippen LogP contribution is 2.25. The molecule has 0 saturated carbocycles. The molecule has 94 valence electrons. The lowest BCUT2D eigenvalue weighted by Gasteiger charge is -2.12. The van der Waals surface area contributed by atoms with Crippen LogP contribution in [0.15, 0.2) is 42.5 Å². The normalized spacial score (nSPS) is 10.4. The molecule has 0 aliphatic carbocycles. The maximum atomic E-state index is 5.93. The molecule has 0 bridgehead atoms. The van der Waals surface area contributed by atoms with Crippen molar-refractivity contribution in [2.24, 2.45) is 0 Å². The smallest absolute Gasteiger partial charge is 0.127 e. The van der Waals surface area contributed by atoms with E-state index in [2.05, 4.69) is 46.9 Å². The van der Waals surface area contributed by atoms with E-state index in [4.69, 9.17) is 16.3 Å². The van der Waals surface area contributed by atoms with Gasteiger partial charge in [-0.2, -0.15) is 0 Å². The van der Waals surface area contributed by atoms with Crippen LogP contribution in [0.2, 0.25) is 0 Å². The average molecular weight is 373 g/mol. The van der Waals surface area contributed by atoms with Gasteiger partial charge in [0.25, 0.3) is 0 Å². The van der Waals surface area contributed by atoms with Crippen molar-refractivity contribution in [1.29, 1.82) is 0 Å². The molecule has 0 atom stereocenters. The molecule has 0 aromatic heterocycles. The van der Waals surface area contributed by atoms with Crippen molar-refractivity contribution in [2.75, 3.05) is 0 Å². The summed E-state index contributed by atoms with van der Waals surface area (Å²) in [6, 6.07) is 14.4. The van der Waals surface area contributed by atoms with E-state index in [9.17, 15) is 0 Å². The SMILES string of the molecule is Cc1cccc(CCl)c1OCc1ccc(I)cc1. The van der Waals surface area contributed by atoms with Crippen LogP contribution in [0.5, 0.6) is 5.75 Å². The van der Waals surface area contributed by atoms with Gasteiger partial charge < -0.3 is 4.74 Å². The molecule has 0 heterocycles. The Bertz CT molecular complexity index is 523. The first kappa shape index (κ1) is 13.7. The van der Waals surface area contributed by atoms with E-state index in [-0.39, 0.29) is 0 Å². The third kappa shape index (κ3) is 3.39. The molecule has 2 aromatic rings. The molecular formula is C15H14ClIO. The molecule has 0 aliphatic heterocycles. The molecule has 0 fully saturated rings. The summed E-state index contributed by atoms with van der Waals surface area (Å²) in [6.07, 6.45) is 0. The summed E-state index contributed by atoms with van der Waals surface area (Å²) < 4.78 is 7.13. The Morgan fingerprint density at radius 3 is 2.50 bits per heavy atom. The number of hydrogen-bond donors (Lipinski definition) is 0. The van der Waals surface area contributed by atoms with Crippen molar-refractivity contribution in [3.63, 3.8) is 0 Å². The van der Waals surface area contributed by atoms with Crippen LogP contribution in [0.25, 0.3) is 0 Å². The first-order valence-electron chi connectivity index (χ1n) is 5.72. The molecule has 18 heavy (non-hydrogen) atoms. The van der Waals surface area contributed by atoms with E-state index in [0.717, 1.165) is 16.9 Å². The van der Waals surface area contributed by atoms with Crippen molar-refractivity contribution < 1.29 is 4.74 Å². The molecule has 0 N–H and O–H groups in total. The van der Waals surface area contributed by atoms with Crippen molar-refractivity contribution in [3.8, 4) is 5.75 Å². The third-order valence-electron chi connectivity index (χ3n) is 2.73. The average Bonchev–Trinajstić information content (AvgIpc) is 2.39. The molecule has 0 radical (unpaired) electrons. The molecule has 0 saturated heterocycles. The first-order valence-corrected chi connectivity index (χ1v) is 7.33. The zero-order chi connectivity index (χ0) is 13.0. The largest absolute Gasteiger partial charge is 0.488 e. The predicted molar refractivity (Wildman–Crippen MR) is 84.2 cm³/mol. The van der Waals surface area contributed by atoms with E-state index < -0.39 is 0 Å². The van der Waals surface area contributed by atoms with Crippen molar-refractivity contribution in [1.82, 2.24) is 0 Å². The Kier molecular flexibility index (Phi) is 4.89. The fraction of sp³-hybridized carbons (Fsp3) is 0.200. The monoisotopic (exact) mass is 372 g/mol. The lowest BCUT2D eigenvalue weighted by atomic mass is 10.1. The van der Waals surface area contributed by atoms with Gasteiger partial charge in [0, 0.05) is 9.13 Å². The van der Waals surface area contributed by atoms with Gasteiger partial charge >= 0.3 is 0 Å². The Labute approximate surface area is 126 Å². The second-order valence-corrected chi connectivity index (χ2v) is 5.62. The van der Waals surface area contributed by atoms with Crippen molar-refractivity contribution in [3.05, 3.63) is 62.7 Å². The summed E-state index contributed by atoms with van der Waals surface area (Å²) in [7, 11) is 0. The van der Waals surface area contributed by atoms with Crippen LogP contribution in [0.1, 0.15) is 16.7 Å². The minimum Gasteiger partial charge on any atom is -0.488 e. The molecule has 0 unspecified atom stereocenters. The lowest BCUT2D eigenvalue weighted by Crippen LogP contribution is -1.99. The van der Waals surface area contributed by atoms with Gasteiger partial charge in [-0.25, -0.2) is 0 Å². The Hall–Kier alpha value is -0.740. The number of benzene rings is 2. The number of hydrogen-bond acceptors (Lipinski definition) is 1. The van der Waals surface area contributed by atoms with E-state index >= 15 is 0 Å². The van der Waals surface area contributed by atoms with Crippen molar-refractivity contribution in [2.45, 2.75) is 19.4 Å². The molecule has 0 amide bonds. The van der Waals surface area contributed by atoms with Crippen molar-refractivity contribution >= 4 is 34.2 Å². The van der Waals surface area contributed by atoms with Crippen LogP contribution in [0.3, 0.4) is 0 Å². The molecule has 3 heteroatoms. The topological polar surface area (TPSA) is 9.23 Å². The molecule has 2 rings (SSSR count). The zero-order valence-corrected chi connectivity index (χ0v) is 13.0. The van der Waals surface area contributed by atoms with Gasteiger partial charge in [0.1, 0.15) is 12.4 Å². The number of rotatable bonds is 4. The molecule has 1 nitrogen and oxygen atoms in total. The van der Waals surface area contributed by atoms with Gasteiger partial charge in [0.15, 0.2) is 0 Å². The number of halogens is 2. The van der Waals surface area contributed by atoms with Gasteiger partial charge in [-0.05, 0) is 52.8 Å². The van der Waals surface area contributed by atoms with Gasteiger partial charge in [-0.1, -0.05) is 30.3 Å². The van der Waals surface area contributed by atoms with Gasteiger partial charge in [0.05, 0.1) is 5.88 Å². The number of aryl methyl sites for hydroxylation is 1. The van der Waals surface area contributed by atoms with Crippen LogP contribution in [0.4, 0.5) is 0 Å². The fourth-order valence-corrected chi connectivity index (χ4v) is 2.33. The zero-order valence-electron chi connectivity index (χ0n) is 10.1. The van der Waals surface area contributed by atoms with Crippen LogP contribution in [-0.2, 0) is 12.5 Å². The predicted octanol–water partition coefficient (Wildman–Crippen LogP) is 4.92. The summed E-state index contributed by atoms with van der Waals surface area (Å²) in [6.45, 7) is 2.62. The van der Waals surface area contributed by atoms with Crippen LogP contribution >= 0.6 is 34.2 Å². The van der Waals surface area contributed by atoms with Crippen LogP contribution in [0, 0.1) is 10.5 Å². The molecule has 2 aromatic carbocycles. The number of para-hydroxylation sites is 1. The highest BCUT2D eigenvalue weighted by atomic mass is 127.